The fourth-order valence-corrected chi connectivity index (χ4v) is 3.25. The predicted molar refractivity (Wildman–Crippen MR) is 83.3 cm³/mol. The van der Waals surface area contributed by atoms with E-state index in [4.69, 9.17) is 4.74 Å². The van der Waals surface area contributed by atoms with Crippen LogP contribution >= 0.6 is 0 Å². The van der Waals surface area contributed by atoms with Crippen molar-refractivity contribution in [3.8, 4) is 0 Å². The molecule has 1 heterocycles. The van der Waals surface area contributed by atoms with Gasteiger partial charge in [-0.2, -0.15) is 0 Å². The Morgan fingerprint density at radius 3 is 2.43 bits per heavy atom. The van der Waals surface area contributed by atoms with E-state index < -0.39 is 5.60 Å². The monoisotopic (exact) mass is 287 g/mol. The van der Waals surface area contributed by atoms with Gasteiger partial charge in [0.05, 0.1) is 12.6 Å². The van der Waals surface area contributed by atoms with Crippen molar-refractivity contribution in [3.05, 3.63) is 34.4 Å². The summed E-state index contributed by atoms with van der Waals surface area (Å²) in [4.78, 5) is 14.2. The first-order valence-corrected chi connectivity index (χ1v) is 7.90. The molecule has 1 aromatic carbocycles. The summed E-state index contributed by atoms with van der Waals surface area (Å²) in [6.07, 6.45) is 2.41. The molecule has 1 aliphatic carbocycles. The Kier molecular flexibility index (Phi) is 3.27. The molecule has 1 aromatic rings. The van der Waals surface area contributed by atoms with Crippen molar-refractivity contribution in [3.63, 3.8) is 0 Å². The number of hydrogen-bond donors (Lipinski definition) is 0. The van der Waals surface area contributed by atoms with Gasteiger partial charge in [-0.05, 0) is 75.6 Å². The van der Waals surface area contributed by atoms with Gasteiger partial charge in [-0.15, -0.1) is 0 Å². The summed E-state index contributed by atoms with van der Waals surface area (Å²) in [6, 6.07) is 4.58. The van der Waals surface area contributed by atoms with Gasteiger partial charge in [-0.25, -0.2) is 4.79 Å². The Labute approximate surface area is 127 Å². The lowest BCUT2D eigenvalue weighted by Crippen LogP contribution is -2.35. The Bertz CT molecular complexity index is 582. The molecule has 0 bridgehead atoms. The van der Waals surface area contributed by atoms with Gasteiger partial charge >= 0.3 is 6.09 Å². The number of rotatable bonds is 1. The minimum atomic E-state index is -0.445. The number of ether oxygens (including phenoxy) is 1. The Morgan fingerprint density at radius 2 is 1.86 bits per heavy atom. The van der Waals surface area contributed by atoms with Crippen molar-refractivity contribution in [2.45, 2.75) is 71.6 Å². The fraction of sp³-hybridized carbons (Fsp3) is 0.611. The third kappa shape index (κ3) is 2.66. The average molecular weight is 287 g/mol. The van der Waals surface area contributed by atoms with Gasteiger partial charge < -0.3 is 4.74 Å². The first-order valence-electron chi connectivity index (χ1n) is 7.90. The van der Waals surface area contributed by atoms with Gasteiger partial charge in [0.15, 0.2) is 0 Å². The molecule has 1 amide bonds. The van der Waals surface area contributed by atoms with Gasteiger partial charge in [-0.3, -0.25) is 4.90 Å². The molecule has 0 aromatic heterocycles. The van der Waals surface area contributed by atoms with Crippen LogP contribution < -0.4 is 0 Å². The molecule has 0 N–H and O–H groups in total. The molecule has 1 aliphatic heterocycles. The Morgan fingerprint density at radius 1 is 1.24 bits per heavy atom. The van der Waals surface area contributed by atoms with Crippen molar-refractivity contribution in [2.24, 2.45) is 0 Å². The van der Waals surface area contributed by atoms with Crippen LogP contribution in [-0.2, 0) is 11.3 Å². The summed E-state index contributed by atoms with van der Waals surface area (Å²) in [7, 11) is 0. The molecule has 2 aliphatic rings. The molecule has 21 heavy (non-hydrogen) atoms. The van der Waals surface area contributed by atoms with Crippen LogP contribution in [0, 0.1) is 6.92 Å². The maximum atomic E-state index is 12.4. The maximum Gasteiger partial charge on any atom is 0.411 e. The molecule has 114 valence electrons. The van der Waals surface area contributed by atoms with Crippen LogP contribution in [0.4, 0.5) is 4.79 Å². The van der Waals surface area contributed by atoms with Crippen LogP contribution in [0.2, 0.25) is 0 Å². The molecule has 0 spiro atoms. The SMILES string of the molecule is Cc1c(C2CC2)ccc2c1CN(C(=O)OC(C)(C)C)[C@H]2C. The highest BCUT2D eigenvalue weighted by atomic mass is 16.6. The number of fused-ring (bicyclic) bond motifs is 1. The first-order chi connectivity index (χ1) is 9.78. The van der Waals surface area contributed by atoms with E-state index in [2.05, 4.69) is 26.0 Å². The zero-order valence-corrected chi connectivity index (χ0v) is 13.7. The van der Waals surface area contributed by atoms with Crippen LogP contribution in [0.25, 0.3) is 0 Å². The molecule has 3 rings (SSSR count). The molecule has 3 heteroatoms. The van der Waals surface area contributed by atoms with Crippen LogP contribution in [0.15, 0.2) is 12.1 Å². The van der Waals surface area contributed by atoms with Crippen molar-refractivity contribution in [1.29, 1.82) is 0 Å². The molecular weight excluding hydrogens is 262 g/mol. The van der Waals surface area contributed by atoms with E-state index in [-0.39, 0.29) is 12.1 Å². The third-order valence-electron chi connectivity index (χ3n) is 4.57. The molecule has 1 atom stereocenters. The topological polar surface area (TPSA) is 29.5 Å². The number of hydrogen-bond acceptors (Lipinski definition) is 2. The number of amides is 1. The van der Waals surface area contributed by atoms with Gasteiger partial charge in [0, 0.05) is 0 Å². The zero-order valence-electron chi connectivity index (χ0n) is 13.7. The van der Waals surface area contributed by atoms with Gasteiger partial charge in [-0.1, -0.05) is 12.1 Å². The molecular formula is C18H25NO2. The van der Waals surface area contributed by atoms with E-state index in [1.54, 1.807) is 0 Å². The van der Waals surface area contributed by atoms with E-state index in [1.165, 1.54) is 35.1 Å². The molecule has 1 fully saturated rings. The summed E-state index contributed by atoms with van der Waals surface area (Å²) < 4.78 is 5.54. The lowest BCUT2D eigenvalue weighted by atomic mass is 9.94. The van der Waals surface area contributed by atoms with Gasteiger partial charge in [0.25, 0.3) is 0 Å². The maximum absolute atomic E-state index is 12.4. The summed E-state index contributed by atoms with van der Waals surface area (Å²) in [5.74, 6) is 0.751. The number of carbonyl (C=O) groups is 1. The standard InChI is InChI=1S/C18H25NO2/c1-11-14(13-6-7-13)8-9-15-12(2)19(10-16(11)15)17(20)21-18(3,4)5/h8-9,12-13H,6-7,10H2,1-5H3/t12-/m0/s1. The number of nitrogens with zero attached hydrogens (tertiary/aromatic N) is 1. The highest BCUT2D eigenvalue weighted by Gasteiger charge is 2.36. The van der Waals surface area contributed by atoms with Crippen molar-refractivity contribution < 1.29 is 9.53 Å². The van der Waals surface area contributed by atoms with Crippen molar-refractivity contribution in [1.82, 2.24) is 4.90 Å². The summed E-state index contributed by atoms with van der Waals surface area (Å²) in [5, 5.41) is 0. The highest BCUT2D eigenvalue weighted by molar-refractivity contribution is 5.70. The predicted octanol–water partition coefficient (Wildman–Crippen LogP) is 4.68. The van der Waals surface area contributed by atoms with Crippen molar-refractivity contribution in [2.75, 3.05) is 0 Å². The normalized spacial score (nSPS) is 21.4. The number of carbonyl (C=O) groups excluding carboxylic acids is 1. The average Bonchev–Trinajstić information content (AvgIpc) is 3.13. The van der Waals surface area contributed by atoms with E-state index in [9.17, 15) is 4.79 Å². The summed E-state index contributed by atoms with van der Waals surface area (Å²) in [6.45, 7) is 10.7. The highest BCUT2D eigenvalue weighted by Crippen LogP contribution is 2.45. The fourth-order valence-electron chi connectivity index (χ4n) is 3.25. The van der Waals surface area contributed by atoms with Crippen LogP contribution in [0.5, 0.6) is 0 Å². The Balaban J connectivity index is 1.86. The molecule has 0 unspecified atom stereocenters. The molecule has 0 saturated heterocycles. The molecule has 3 nitrogen and oxygen atoms in total. The van der Waals surface area contributed by atoms with Gasteiger partial charge in [0.1, 0.15) is 5.60 Å². The molecule has 0 radical (unpaired) electrons. The first kappa shape index (κ1) is 14.4. The molecule has 1 saturated carbocycles. The van der Waals surface area contributed by atoms with Crippen LogP contribution in [0.1, 0.15) is 74.8 Å². The van der Waals surface area contributed by atoms with Crippen LogP contribution in [0.3, 0.4) is 0 Å². The lowest BCUT2D eigenvalue weighted by Gasteiger charge is -2.27. The quantitative estimate of drug-likeness (QED) is 0.750. The number of benzene rings is 1. The zero-order chi connectivity index (χ0) is 15.4. The minimum absolute atomic E-state index is 0.0989. The summed E-state index contributed by atoms with van der Waals surface area (Å²) >= 11 is 0. The second-order valence-electron chi connectivity index (χ2n) is 7.41. The van der Waals surface area contributed by atoms with E-state index in [0.717, 1.165) is 5.92 Å². The lowest BCUT2D eigenvalue weighted by molar-refractivity contribution is 0.0187. The van der Waals surface area contributed by atoms with Crippen LogP contribution in [-0.4, -0.2) is 16.6 Å². The second kappa shape index (κ2) is 4.75. The Hall–Kier alpha value is -1.51. The minimum Gasteiger partial charge on any atom is -0.444 e. The summed E-state index contributed by atoms with van der Waals surface area (Å²) in [5.41, 5.74) is 5.03. The van der Waals surface area contributed by atoms with E-state index >= 15 is 0 Å². The second-order valence-corrected chi connectivity index (χ2v) is 7.41. The smallest absolute Gasteiger partial charge is 0.411 e. The van der Waals surface area contributed by atoms with Gasteiger partial charge in [0.2, 0.25) is 0 Å². The van der Waals surface area contributed by atoms with E-state index in [1.807, 2.05) is 25.7 Å². The third-order valence-corrected chi connectivity index (χ3v) is 4.57. The van der Waals surface area contributed by atoms with E-state index in [0.29, 0.717) is 6.54 Å². The van der Waals surface area contributed by atoms with Crippen molar-refractivity contribution >= 4 is 6.09 Å². The largest absolute Gasteiger partial charge is 0.444 e.